The molecule has 0 unspecified atom stereocenters. The van der Waals surface area contributed by atoms with Crippen LogP contribution in [0.25, 0.3) is 0 Å². The van der Waals surface area contributed by atoms with Crippen LogP contribution in [-0.4, -0.2) is 42.1 Å². The number of nitrogens with one attached hydrogen (secondary N) is 2. The maximum atomic E-state index is 11.9. The molecule has 0 radical (unpaired) electrons. The first-order valence-electron chi connectivity index (χ1n) is 8.52. The smallest absolute Gasteiger partial charge is 0.319 e. The fourth-order valence-electron chi connectivity index (χ4n) is 2.55. The zero-order valence-electron chi connectivity index (χ0n) is 13.9. The molecule has 0 saturated heterocycles. The number of aliphatic carboxylic acids is 1. The number of carboxylic acid groups (broad SMARTS) is 1. The van der Waals surface area contributed by atoms with Crippen LogP contribution in [0.3, 0.4) is 0 Å². The normalized spacial score (nSPS) is 17.4. The zero-order valence-corrected chi connectivity index (χ0v) is 13.9. The fourth-order valence-corrected chi connectivity index (χ4v) is 2.55. The third-order valence-electron chi connectivity index (χ3n) is 4.53. The lowest BCUT2D eigenvalue weighted by molar-refractivity contribution is -0.149. The highest BCUT2D eigenvalue weighted by Gasteiger charge is 2.56. The fraction of sp³-hybridized carbons (Fsp3) is 0.500. The number of carbonyl (C=O) groups is 3. The second-order valence-electron chi connectivity index (χ2n) is 6.67. The molecule has 2 aliphatic carbocycles. The minimum absolute atomic E-state index is 0.00315. The SMILES string of the molecule is O=C(COc1ccc(CCNC(=O)C2(C(=O)O)CC2)cc1)NC1CC1. The molecule has 0 atom stereocenters. The Balaban J connectivity index is 1.38. The maximum Gasteiger partial charge on any atom is 0.319 e. The molecule has 3 rings (SSSR count). The van der Waals surface area contributed by atoms with E-state index in [4.69, 9.17) is 9.84 Å². The number of hydrogen-bond donors (Lipinski definition) is 3. The average Bonchev–Trinajstić information content (AvgIpc) is 3.48. The van der Waals surface area contributed by atoms with Crippen molar-refractivity contribution in [2.24, 2.45) is 5.41 Å². The summed E-state index contributed by atoms with van der Waals surface area (Å²) in [7, 11) is 0. The molecule has 0 aromatic heterocycles. The van der Waals surface area contributed by atoms with Crippen molar-refractivity contribution in [2.75, 3.05) is 13.2 Å². The summed E-state index contributed by atoms with van der Waals surface area (Å²) in [6, 6.07) is 7.61. The second kappa shape index (κ2) is 7.13. The summed E-state index contributed by atoms with van der Waals surface area (Å²) in [6.07, 6.45) is 3.52. The number of ether oxygens (including phenoxy) is 1. The molecule has 1 aromatic rings. The second-order valence-corrected chi connectivity index (χ2v) is 6.67. The van der Waals surface area contributed by atoms with E-state index in [1.807, 2.05) is 12.1 Å². The van der Waals surface area contributed by atoms with Crippen molar-refractivity contribution in [2.45, 2.75) is 38.1 Å². The number of hydrogen-bond acceptors (Lipinski definition) is 4. The molecule has 0 spiro atoms. The van der Waals surface area contributed by atoms with Crippen LogP contribution in [0.2, 0.25) is 0 Å². The average molecular weight is 346 g/mol. The number of benzene rings is 1. The maximum absolute atomic E-state index is 11.9. The van der Waals surface area contributed by atoms with E-state index in [2.05, 4.69) is 10.6 Å². The summed E-state index contributed by atoms with van der Waals surface area (Å²) in [5.74, 6) is -0.942. The van der Waals surface area contributed by atoms with Gasteiger partial charge in [-0.3, -0.25) is 14.4 Å². The highest BCUT2D eigenvalue weighted by Crippen LogP contribution is 2.46. The van der Waals surface area contributed by atoms with Gasteiger partial charge in [-0.2, -0.15) is 0 Å². The lowest BCUT2D eigenvalue weighted by Crippen LogP contribution is -2.37. The molecule has 2 amide bonds. The van der Waals surface area contributed by atoms with Crippen molar-refractivity contribution in [3.05, 3.63) is 29.8 Å². The molecular formula is C18H22N2O5. The van der Waals surface area contributed by atoms with Gasteiger partial charge in [0.25, 0.3) is 5.91 Å². The van der Waals surface area contributed by atoms with Gasteiger partial charge in [0.15, 0.2) is 6.61 Å². The van der Waals surface area contributed by atoms with E-state index in [-0.39, 0.29) is 12.5 Å². The van der Waals surface area contributed by atoms with Gasteiger partial charge in [-0.25, -0.2) is 0 Å². The number of carbonyl (C=O) groups excluding carboxylic acids is 2. The van der Waals surface area contributed by atoms with Crippen LogP contribution >= 0.6 is 0 Å². The van der Waals surface area contributed by atoms with Crippen molar-refractivity contribution < 1.29 is 24.2 Å². The van der Waals surface area contributed by atoms with Crippen LogP contribution in [0.1, 0.15) is 31.2 Å². The quantitative estimate of drug-likeness (QED) is 0.576. The Morgan fingerprint density at radius 2 is 1.84 bits per heavy atom. The molecule has 1 aromatic carbocycles. The summed E-state index contributed by atoms with van der Waals surface area (Å²) in [6.45, 7) is 0.390. The van der Waals surface area contributed by atoms with Gasteiger partial charge in [-0.1, -0.05) is 12.1 Å². The topological polar surface area (TPSA) is 105 Å². The van der Waals surface area contributed by atoms with E-state index in [1.54, 1.807) is 12.1 Å². The van der Waals surface area contributed by atoms with Crippen LogP contribution < -0.4 is 15.4 Å². The van der Waals surface area contributed by atoms with E-state index in [0.717, 1.165) is 18.4 Å². The summed E-state index contributed by atoms with van der Waals surface area (Å²) in [4.78, 5) is 34.5. The van der Waals surface area contributed by atoms with Crippen molar-refractivity contribution in [3.8, 4) is 5.75 Å². The Kier molecular flexibility index (Phi) is 4.92. The van der Waals surface area contributed by atoms with Crippen LogP contribution in [0.5, 0.6) is 5.75 Å². The highest BCUT2D eigenvalue weighted by molar-refractivity contribution is 6.04. The Hall–Kier alpha value is -2.57. The van der Waals surface area contributed by atoms with Crippen molar-refractivity contribution in [1.82, 2.24) is 10.6 Å². The highest BCUT2D eigenvalue weighted by atomic mass is 16.5. The van der Waals surface area contributed by atoms with E-state index in [9.17, 15) is 14.4 Å². The molecule has 0 aliphatic heterocycles. The summed E-state index contributed by atoms with van der Waals surface area (Å²) in [5.41, 5.74) is -0.200. The van der Waals surface area contributed by atoms with Crippen molar-refractivity contribution >= 4 is 17.8 Å². The lowest BCUT2D eigenvalue weighted by atomic mass is 10.1. The van der Waals surface area contributed by atoms with E-state index in [0.29, 0.717) is 37.6 Å². The van der Waals surface area contributed by atoms with Gasteiger partial charge >= 0.3 is 5.97 Å². The van der Waals surface area contributed by atoms with Gasteiger partial charge in [-0.05, 0) is 49.8 Å². The van der Waals surface area contributed by atoms with Gasteiger partial charge in [0, 0.05) is 12.6 Å². The van der Waals surface area contributed by atoms with Crippen LogP contribution in [0.15, 0.2) is 24.3 Å². The molecule has 0 bridgehead atoms. The Labute approximate surface area is 145 Å². The van der Waals surface area contributed by atoms with Crippen molar-refractivity contribution in [3.63, 3.8) is 0 Å². The Morgan fingerprint density at radius 3 is 2.40 bits per heavy atom. The summed E-state index contributed by atoms with van der Waals surface area (Å²) >= 11 is 0. The predicted molar refractivity (Wildman–Crippen MR) is 89.1 cm³/mol. The molecule has 2 aliphatic rings. The van der Waals surface area contributed by atoms with Crippen molar-refractivity contribution in [1.29, 1.82) is 0 Å². The van der Waals surface area contributed by atoms with Crippen LogP contribution in [0.4, 0.5) is 0 Å². The van der Waals surface area contributed by atoms with Gasteiger partial charge in [0.2, 0.25) is 5.91 Å². The molecule has 2 saturated carbocycles. The van der Waals surface area contributed by atoms with Gasteiger partial charge < -0.3 is 20.5 Å². The van der Waals surface area contributed by atoms with E-state index in [1.165, 1.54) is 0 Å². The molecule has 7 nitrogen and oxygen atoms in total. The van der Waals surface area contributed by atoms with E-state index >= 15 is 0 Å². The number of amides is 2. The van der Waals surface area contributed by atoms with Gasteiger partial charge in [0.1, 0.15) is 11.2 Å². The zero-order chi connectivity index (χ0) is 17.9. The number of carboxylic acids is 1. The molecule has 3 N–H and O–H groups in total. The molecule has 7 heteroatoms. The van der Waals surface area contributed by atoms with Gasteiger partial charge in [0.05, 0.1) is 0 Å². The molecule has 134 valence electrons. The van der Waals surface area contributed by atoms with Crippen LogP contribution in [0, 0.1) is 5.41 Å². The minimum atomic E-state index is -1.20. The van der Waals surface area contributed by atoms with Gasteiger partial charge in [-0.15, -0.1) is 0 Å². The first-order chi connectivity index (χ1) is 12.0. The first-order valence-corrected chi connectivity index (χ1v) is 8.52. The largest absolute Gasteiger partial charge is 0.484 e. The third kappa shape index (κ3) is 4.49. The van der Waals surface area contributed by atoms with E-state index < -0.39 is 17.3 Å². The molecule has 2 fully saturated rings. The standard InChI is InChI=1S/C18H22N2O5/c21-15(20-13-3-4-13)11-25-14-5-1-12(2-6-14)7-10-19-16(22)18(8-9-18)17(23)24/h1-2,5-6,13H,3-4,7-11H2,(H,19,22)(H,20,21)(H,23,24). The minimum Gasteiger partial charge on any atom is -0.484 e. The summed E-state index contributed by atoms with van der Waals surface area (Å²) in [5, 5.41) is 14.6. The molecular weight excluding hydrogens is 324 g/mol. The molecule has 25 heavy (non-hydrogen) atoms. The number of rotatable bonds is 9. The Bertz CT molecular complexity index is 663. The summed E-state index contributed by atoms with van der Waals surface area (Å²) < 4.78 is 5.43. The first kappa shape index (κ1) is 17.3. The lowest BCUT2D eigenvalue weighted by Gasteiger charge is -2.11. The predicted octanol–water partition coefficient (Wildman–Crippen LogP) is 0.867. The third-order valence-corrected chi connectivity index (χ3v) is 4.53. The van der Waals surface area contributed by atoms with Crippen LogP contribution in [-0.2, 0) is 20.8 Å². The molecule has 0 heterocycles. The Morgan fingerprint density at radius 1 is 1.16 bits per heavy atom. The monoisotopic (exact) mass is 346 g/mol.